The van der Waals surface area contributed by atoms with Crippen molar-refractivity contribution in [1.82, 2.24) is 4.98 Å². The van der Waals surface area contributed by atoms with Gasteiger partial charge in [0.1, 0.15) is 12.6 Å². The Bertz CT molecular complexity index is 447. The smallest absolute Gasteiger partial charge is 0.320 e. The second-order valence-electron chi connectivity index (χ2n) is 3.57. The highest BCUT2D eigenvalue weighted by Crippen LogP contribution is 2.19. The van der Waals surface area contributed by atoms with Crippen LogP contribution in [0.5, 0.6) is 0 Å². The van der Waals surface area contributed by atoms with Crippen LogP contribution in [0.1, 0.15) is 15.6 Å². The van der Waals surface area contributed by atoms with Gasteiger partial charge in [-0.05, 0) is 6.92 Å². The van der Waals surface area contributed by atoms with Crippen LogP contribution in [0.25, 0.3) is 0 Å². The van der Waals surface area contributed by atoms with Crippen LogP contribution in [0.2, 0.25) is 0 Å². The van der Waals surface area contributed by atoms with Gasteiger partial charge >= 0.3 is 5.97 Å². The van der Waals surface area contributed by atoms with Crippen molar-refractivity contribution in [3.8, 4) is 0 Å². The summed E-state index contributed by atoms with van der Waals surface area (Å²) in [4.78, 5) is 29.8. The molecular weight excluding hydrogens is 262 g/mol. The average molecular weight is 275 g/mol. The average Bonchev–Trinajstić information content (AvgIpc) is 2.58. The van der Waals surface area contributed by atoms with Gasteiger partial charge in [0.05, 0.1) is 10.7 Å². The number of aryl methyl sites for hydroxylation is 1. The van der Waals surface area contributed by atoms with Gasteiger partial charge in [-0.2, -0.15) is 0 Å². The topological polar surface area (TPSA) is 129 Å². The first-order chi connectivity index (χ1) is 8.40. The van der Waals surface area contributed by atoms with Gasteiger partial charge in [-0.3, -0.25) is 4.79 Å². The molecule has 0 saturated carbocycles. The number of aromatic nitrogens is 1. The van der Waals surface area contributed by atoms with Crippen LogP contribution in [-0.2, 0) is 22.5 Å². The first kappa shape index (κ1) is 14.3. The van der Waals surface area contributed by atoms with Crippen LogP contribution in [-0.4, -0.2) is 33.8 Å². The summed E-state index contributed by atoms with van der Waals surface area (Å²) in [5.74, 6) is -1.08. The number of hydrogen-bond acceptors (Lipinski definition) is 7. The number of carboxylic acids is 1. The maximum atomic E-state index is 10.6. The first-order valence-electron chi connectivity index (χ1n) is 5.11. The van der Waals surface area contributed by atoms with E-state index in [9.17, 15) is 14.9 Å². The molecule has 0 aromatic carbocycles. The lowest BCUT2D eigenvalue weighted by molar-refractivity contribution is -0.757. The number of rotatable bonds is 7. The van der Waals surface area contributed by atoms with E-state index >= 15 is 0 Å². The molecule has 1 aromatic rings. The lowest BCUT2D eigenvalue weighted by atomic mass is 10.2. The molecule has 1 unspecified atom stereocenters. The van der Waals surface area contributed by atoms with E-state index in [1.54, 1.807) is 6.92 Å². The van der Waals surface area contributed by atoms with E-state index in [0.29, 0.717) is 11.4 Å². The van der Waals surface area contributed by atoms with E-state index in [1.165, 1.54) is 11.3 Å². The normalized spacial score (nSPS) is 12.1. The fraction of sp³-hybridized carbons (Fsp3) is 0.556. The third-order valence-electron chi connectivity index (χ3n) is 2.17. The Morgan fingerprint density at radius 1 is 1.72 bits per heavy atom. The summed E-state index contributed by atoms with van der Waals surface area (Å²) < 4.78 is 0. The fourth-order valence-corrected chi connectivity index (χ4v) is 2.40. The molecule has 0 bridgehead atoms. The minimum absolute atomic E-state index is 0.0412. The molecule has 0 aliphatic heterocycles. The lowest BCUT2D eigenvalue weighted by Gasteiger charge is -2.01. The molecular formula is C9H13N3O5S. The molecule has 8 nitrogen and oxygen atoms in total. The predicted octanol–water partition coefficient (Wildman–Crippen LogP) is 0.157. The van der Waals surface area contributed by atoms with E-state index in [4.69, 9.17) is 10.8 Å². The quantitative estimate of drug-likeness (QED) is 0.535. The van der Waals surface area contributed by atoms with Gasteiger partial charge in [0.15, 0.2) is 0 Å². The van der Waals surface area contributed by atoms with Gasteiger partial charge in [-0.1, -0.05) is 0 Å². The molecule has 0 amide bonds. The highest BCUT2D eigenvalue weighted by atomic mass is 32.1. The molecule has 1 rings (SSSR count). The van der Waals surface area contributed by atoms with Crippen molar-refractivity contribution in [2.24, 2.45) is 5.73 Å². The molecule has 0 aliphatic rings. The number of carbonyl (C=O) groups is 1. The molecule has 3 N–H and O–H groups in total. The lowest BCUT2D eigenvalue weighted by Crippen LogP contribution is -2.32. The number of carboxylic acid groups (broad SMARTS) is 1. The zero-order chi connectivity index (χ0) is 13.7. The Morgan fingerprint density at radius 2 is 2.39 bits per heavy atom. The minimum atomic E-state index is -1.08. The number of thiazole rings is 1. The number of nitrogens with zero attached hydrogens (tertiary/aromatic N) is 2. The van der Waals surface area contributed by atoms with Crippen LogP contribution in [0.15, 0.2) is 0 Å². The summed E-state index contributed by atoms with van der Waals surface area (Å²) in [6.45, 7) is 1.72. The third kappa shape index (κ3) is 4.26. The molecule has 18 heavy (non-hydrogen) atoms. The summed E-state index contributed by atoms with van der Waals surface area (Å²) in [5, 5.41) is 18.4. The first-order valence-corrected chi connectivity index (χ1v) is 5.92. The van der Waals surface area contributed by atoms with Crippen LogP contribution in [0.3, 0.4) is 0 Å². The van der Waals surface area contributed by atoms with E-state index in [-0.39, 0.29) is 13.0 Å². The number of nitrogens with two attached hydrogens (primary N) is 1. The van der Waals surface area contributed by atoms with Gasteiger partial charge in [-0.15, -0.1) is 21.5 Å². The van der Waals surface area contributed by atoms with Crippen molar-refractivity contribution in [1.29, 1.82) is 0 Å². The van der Waals surface area contributed by atoms with E-state index in [1.807, 2.05) is 0 Å². The van der Waals surface area contributed by atoms with Crippen molar-refractivity contribution in [3.05, 3.63) is 25.7 Å². The fourth-order valence-electron chi connectivity index (χ4n) is 1.30. The standard InChI is InChI=1S/C9H13N3O5S/c1-5-7(2-3-17-12(15)16)18-8(11-5)4-6(10)9(13)14/h6H,2-4,10H2,1H3,(H,13,14). The summed E-state index contributed by atoms with van der Waals surface area (Å²) in [7, 11) is 0. The monoisotopic (exact) mass is 275 g/mol. The second-order valence-corrected chi connectivity index (χ2v) is 4.74. The van der Waals surface area contributed by atoms with Crippen LogP contribution in [0, 0.1) is 17.0 Å². The SMILES string of the molecule is Cc1nc(CC(N)C(=O)O)sc1CCO[N+](=O)[O-]. The molecule has 9 heteroatoms. The van der Waals surface area contributed by atoms with E-state index in [0.717, 1.165) is 10.6 Å². The third-order valence-corrected chi connectivity index (χ3v) is 3.41. The molecule has 0 fully saturated rings. The molecule has 0 aliphatic carbocycles. The highest BCUT2D eigenvalue weighted by Gasteiger charge is 2.16. The van der Waals surface area contributed by atoms with Crippen LogP contribution >= 0.6 is 11.3 Å². The van der Waals surface area contributed by atoms with Crippen molar-refractivity contribution in [3.63, 3.8) is 0 Å². The van der Waals surface area contributed by atoms with Gasteiger partial charge in [0.2, 0.25) is 0 Å². The Hall–Kier alpha value is -1.74. The maximum absolute atomic E-state index is 10.6. The van der Waals surface area contributed by atoms with Crippen LogP contribution < -0.4 is 5.73 Å². The van der Waals surface area contributed by atoms with Crippen molar-refractivity contribution in [2.75, 3.05) is 6.61 Å². The Morgan fingerprint density at radius 3 is 2.94 bits per heavy atom. The van der Waals surface area contributed by atoms with E-state index in [2.05, 4.69) is 9.82 Å². The molecule has 0 radical (unpaired) electrons. The second kappa shape index (κ2) is 6.26. The Balaban J connectivity index is 2.58. The summed E-state index contributed by atoms with van der Waals surface area (Å²) in [6.07, 6.45) is 0.518. The van der Waals surface area contributed by atoms with Gasteiger partial charge in [0, 0.05) is 17.7 Å². The number of hydrogen-bond donors (Lipinski definition) is 2. The van der Waals surface area contributed by atoms with Crippen LogP contribution in [0.4, 0.5) is 0 Å². The van der Waals surface area contributed by atoms with Crippen molar-refractivity contribution < 1.29 is 19.8 Å². The molecule has 100 valence electrons. The van der Waals surface area contributed by atoms with Gasteiger partial charge < -0.3 is 15.7 Å². The zero-order valence-electron chi connectivity index (χ0n) is 9.66. The van der Waals surface area contributed by atoms with Gasteiger partial charge in [0.25, 0.3) is 5.09 Å². The molecule has 0 spiro atoms. The highest BCUT2D eigenvalue weighted by molar-refractivity contribution is 7.11. The minimum Gasteiger partial charge on any atom is -0.480 e. The Kier molecular flexibility index (Phi) is 4.98. The summed E-state index contributed by atoms with van der Waals surface area (Å²) in [6, 6.07) is -0.988. The van der Waals surface area contributed by atoms with Gasteiger partial charge in [-0.25, -0.2) is 4.98 Å². The molecule has 0 saturated heterocycles. The molecule has 1 atom stereocenters. The van der Waals surface area contributed by atoms with Crippen molar-refractivity contribution in [2.45, 2.75) is 25.8 Å². The maximum Gasteiger partial charge on any atom is 0.320 e. The van der Waals surface area contributed by atoms with E-state index < -0.39 is 17.1 Å². The Labute approximate surface area is 106 Å². The zero-order valence-corrected chi connectivity index (χ0v) is 10.5. The summed E-state index contributed by atoms with van der Waals surface area (Å²) >= 11 is 1.30. The van der Waals surface area contributed by atoms with Crippen molar-refractivity contribution >= 4 is 17.3 Å². The summed E-state index contributed by atoms with van der Waals surface area (Å²) in [5.41, 5.74) is 6.12. The largest absolute Gasteiger partial charge is 0.480 e. The molecule has 1 aromatic heterocycles. The number of aliphatic carboxylic acids is 1. The molecule has 1 heterocycles. The predicted molar refractivity (Wildman–Crippen MR) is 62.8 cm³/mol.